The molecule has 1 saturated carbocycles. The number of amides is 1. The van der Waals surface area contributed by atoms with Gasteiger partial charge in [0.2, 0.25) is 0 Å². The predicted octanol–water partition coefficient (Wildman–Crippen LogP) is 4.54. The first kappa shape index (κ1) is 18.8. The first-order chi connectivity index (χ1) is 12.3. The summed E-state index contributed by atoms with van der Waals surface area (Å²) in [5.74, 6) is -0.0724. The maximum absolute atomic E-state index is 12.8. The fraction of sp³-hybridized carbons (Fsp3) is 0.444. The standard InChI is InChI=1S/C18H19ClF3N3O/c19-16-7-4-13(18(20,21)22)10-15(16)17(26)24-14-5-2-12(3-6-14)11-25-9-1-8-23-25/h1,4,7-10,12,14H,2-3,5-6,11H2,(H,24,26). The van der Waals surface area contributed by atoms with Crippen LogP contribution in [0.3, 0.4) is 0 Å². The molecule has 1 amide bonds. The van der Waals surface area contributed by atoms with Crippen LogP contribution in [0.4, 0.5) is 13.2 Å². The van der Waals surface area contributed by atoms with Gasteiger partial charge < -0.3 is 5.32 Å². The van der Waals surface area contributed by atoms with Gasteiger partial charge in [-0.15, -0.1) is 0 Å². The van der Waals surface area contributed by atoms with Crippen LogP contribution >= 0.6 is 11.6 Å². The highest BCUT2D eigenvalue weighted by atomic mass is 35.5. The maximum Gasteiger partial charge on any atom is 0.416 e. The van der Waals surface area contributed by atoms with Crippen LogP contribution in [0.5, 0.6) is 0 Å². The third-order valence-corrected chi connectivity index (χ3v) is 5.05. The number of nitrogens with zero attached hydrogens (tertiary/aromatic N) is 2. The number of rotatable bonds is 4. The van der Waals surface area contributed by atoms with Gasteiger partial charge in [0.25, 0.3) is 5.91 Å². The van der Waals surface area contributed by atoms with Crippen LogP contribution in [0.15, 0.2) is 36.7 Å². The van der Waals surface area contributed by atoms with Crippen molar-refractivity contribution < 1.29 is 18.0 Å². The molecule has 26 heavy (non-hydrogen) atoms. The van der Waals surface area contributed by atoms with E-state index in [0.717, 1.165) is 50.4 Å². The number of hydrogen-bond donors (Lipinski definition) is 1. The summed E-state index contributed by atoms with van der Waals surface area (Å²) in [5.41, 5.74) is -1.02. The van der Waals surface area contributed by atoms with Crippen molar-refractivity contribution >= 4 is 17.5 Å². The largest absolute Gasteiger partial charge is 0.416 e. The lowest BCUT2D eigenvalue weighted by Crippen LogP contribution is -2.38. The molecule has 1 aliphatic rings. The van der Waals surface area contributed by atoms with Gasteiger partial charge in [-0.2, -0.15) is 18.3 Å². The molecule has 1 fully saturated rings. The average Bonchev–Trinajstić information content (AvgIpc) is 3.09. The summed E-state index contributed by atoms with van der Waals surface area (Å²) < 4.78 is 40.4. The van der Waals surface area contributed by atoms with Crippen molar-refractivity contribution in [2.24, 2.45) is 5.92 Å². The van der Waals surface area contributed by atoms with E-state index in [1.807, 2.05) is 16.9 Å². The van der Waals surface area contributed by atoms with Crippen molar-refractivity contribution in [1.29, 1.82) is 0 Å². The molecular formula is C18H19ClF3N3O. The number of alkyl halides is 3. The first-order valence-electron chi connectivity index (χ1n) is 8.48. The molecule has 0 radical (unpaired) electrons. The summed E-state index contributed by atoms with van der Waals surface area (Å²) in [7, 11) is 0. The molecule has 1 heterocycles. The Hall–Kier alpha value is -2.02. The summed E-state index contributed by atoms with van der Waals surface area (Å²) >= 11 is 5.92. The van der Waals surface area contributed by atoms with Crippen LogP contribution in [0.25, 0.3) is 0 Å². The van der Waals surface area contributed by atoms with E-state index in [0.29, 0.717) is 5.92 Å². The molecule has 1 aliphatic carbocycles. The zero-order valence-electron chi connectivity index (χ0n) is 14.0. The smallest absolute Gasteiger partial charge is 0.349 e. The molecule has 1 aromatic carbocycles. The van der Waals surface area contributed by atoms with Crippen LogP contribution in [0.1, 0.15) is 41.6 Å². The minimum atomic E-state index is -4.51. The summed E-state index contributed by atoms with van der Waals surface area (Å²) in [6.45, 7) is 0.840. The second kappa shape index (κ2) is 7.70. The Morgan fingerprint density at radius 2 is 2.00 bits per heavy atom. The highest BCUT2D eigenvalue weighted by Gasteiger charge is 2.32. The van der Waals surface area contributed by atoms with Crippen LogP contribution in [-0.2, 0) is 12.7 Å². The third-order valence-electron chi connectivity index (χ3n) is 4.72. The average molecular weight is 386 g/mol. The Kier molecular flexibility index (Phi) is 5.55. The Morgan fingerprint density at radius 3 is 2.62 bits per heavy atom. The lowest BCUT2D eigenvalue weighted by atomic mass is 9.86. The fourth-order valence-corrected chi connectivity index (χ4v) is 3.50. The fourth-order valence-electron chi connectivity index (χ4n) is 3.30. The van der Waals surface area contributed by atoms with Gasteiger partial charge in [-0.1, -0.05) is 11.6 Å². The van der Waals surface area contributed by atoms with Gasteiger partial charge in [0.1, 0.15) is 0 Å². The SMILES string of the molecule is O=C(NC1CCC(Cn2cccn2)CC1)c1cc(C(F)(F)F)ccc1Cl. The molecule has 2 aromatic rings. The zero-order valence-corrected chi connectivity index (χ0v) is 14.7. The predicted molar refractivity (Wildman–Crippen MR) is 91.9 cm³/mol. The topological polar surface area (TPSA) is 46.9 Å². The number of benzene rings is 1. The van der Waals surface area contributed by atoms with Crippen LogP contribution in [-0.4, -0.2) is 21.7 Å². The number of aromatic nitrogens is 2. The molecule has 0 spiro atoms. The lowest BCUT2D eigenvalue weighted by Gasteiger charge is -2.29. The van der Waals surface area contributed by atoms with E-state index in [1.165, 1.54) is 0 Å². The van der Waals surface area contributed by atoms with Crippen molar-refractivity contribution in [3.05, 3.63) is 52.8 Å². The molecule has 140 valence electrons. The molecule has 1 aromatic heterocycles. The van der Waals surface area contributed by atoms with E-state index in [9.17, 15) is 18.0 Å². The monoisotopic (exact) mass is 385 g/mol. The normalized spacial score (nSPS) is 20.8. The lowest BCUT2D eigenvalue weighted by molar-refractivity contribution is -0.137. The van der Waals surface area contributed by atoms with Crippen LogP contribution in [0.2, 0.25) is 5.02 Å². The van der Waals surface area contributed by atoms with Crippen molar-refractivity contribution in [2.75, 3.05) is 0 Å². The van der Waals surface area contributed by atoms with E-state index in [2.05, 4.69) is 10.4 Å². The van der Waals surface area contributed by atoms with E-state index in [-0.39, 0.29) is 16.6 Å². The Morgan fingerprint density at radius 1 is 1.27 bits per heavy atom. The number of halogens is 4. The Balaban J connectivity index is 1.57. The number of nitrogens with one attached hydrogen (secondary N) is 1. The van der Waals surface area contributed by atoms with Crippen molar-refractivity contribution in [2.45, 2.75) is 44.4 Å². The van der Waals surface area contributed by atoms with Crippen molar-refractivity contribution in [3.8, 4) is 0 Å². The van der Waals surface area contributed by atoms with Gasteiger partial charge in [-0.3, -0.25) is 9.48 Å². The third kappa shape index (κ3) is 4.58. The van der Waals surface area contributed by atoms with Gasteiger partial charge in [-0.05, 0) is 55.9 Å². The molecule has 0 unspecified atom stereocenters. The van der Waals surface area contributed by atoms with E-state index in [4.69, 9.17) is 11.6 Å². The van der Waals surface area contributed by atoms with E-state index in [1.54, 1.807) is 6.20 Å². The molecule has 0 aliphatic heterocycles. The van der Waals surface area contributed by atoms with Crippen LogP contribution in [0, 0.1) is 5.92 Å². The summed E-state index contributed by atoms with van der Waals surface area (Å²) in [4.78, 5) is 12.4. The second-order valence-electron chi connectivity index (χ2n) is 6.61. The Bertz CT molecular complexity index is 754. The van der Waals surface area contributed by atoms with Gasteiger partial charge in [0.05, 0.1) is 16.1 Å². The molecule has 4 nitrogen and oxygen atoms in total. The summed E-state index contributed by atoms with van der Waals surface area (Å²) in [5, 5.41) is 7.03. The molecule has 1 N–H and O–H groups in total. The number of hydrogen-bond acceptors (Lipinski definition) is 2. The van der Waals surface area contributed by atoms with Crippen molar-refractivity contribution in [3.63, 3.8) is 0 Å². The summed E-state index contributed by atoms with van der Waals surface area (Å²) in [6.07, 6.45) is 2.59. The molecule has 8 heteroatoms. The highest BCUT2D eigenvalue weighted by Crippen LogP contribution is 2.32. The van der Waals surface area contributed by atoms with Gasteiger partial charge in [-0.25, -0.2) is 0 Å². The van der Waals surface area contributed by atoms with E-state index >= 15 is 0 Å². The molecule has 0 saturated heterocycles. The van der Waals surface area contributed by atoms with Gasteiger partial charge >= 0.3 is 6.18 Å². The molecule has 3 rings (SSSR count). The maximum atomic E-state index is 12.8. The van der Waals surface area contributed by atoms with Gasteiger partial charge in [0.15, 0.2) is 0 Å². The van der Waals surface area contributed by atoms with E-state index < -0.39 is 17.6 Å². The number of carbonyl (C=O) groups excluding carboxylic acids is 1. The minimum absolute atomic E-state index is 0.0165. The second-order valence-corrected chi connectivity index (χ2v) is 7.02. The van der Waals surface area contributed by atoms with Crippen LogP contribution < -0.4 is 5.32 Å². The molecular weight excluding hydrogens is 367 g/mol. The highest BCUT2D eigenvalue weighted by molar-refractivity contribution is 6.33. The van der Waals surface area contributed by atoms with Crippen molar-refractivity contribution in [1.82, 2.24) is 15.1 Å². The zero-order chi connectivity index (χ0) is 18.7. The minimum Gasteiger partial charge on any atom is -0.349 e. The molecule has 0 atom stereocenters. The number of carbonyl (C=O) groups is 1. The Labute approximate surface area is 154 Å². The quantitative estimate of drug-likeness (QED) is 0.839. The van der Waals surface area contributed by atoms with Gasteiger partial charge in [0, 0.05) is 25.0 Å². The first-order valence-corrected chi connectivity index (χ1v) is 8.86. The summed E-state index contributed by atoms with van der Waals surface area (Å²) in [6, 6.07) is 4.62. The molecule has 0 bridgehead atoms.